The van der Waals surface area contributed by atoms with Gasteiger partial charge in [0.05, 0.1) is 0 Å². The van der Waals surface area contributed by atoms with Crippen LogP contribution in [-0.2, 0) is 0 Å². The summed E-state index contributed by atoms with van der Waals surface area (Å²) >= 11 is 0. The predicted molar refractivity (Wildman–Crippen MR) is 68.6 cm³/mol. The Balaban J connectivity index is 0. The highest BCUT2D eigenvalue weighted by Gasteiger charge is 2.06. The van der Waals surface area contributed by atoms with Crippen LogP contribution in [0.1, 0.15) is 61.3 Å². The fourth-order valence-corrected chi connectivity index (χ4v) is 1.45. The van der Waals surface area contributed by atoms with Crippen LogP contribution < -0.4 is 0 Å². The molecule has 84 valence electrons. The van der Waals surface area contributed by atoms with E-state index in [-0.39, 0.29) is 0 Å². The van der Waals surface area contributed by atoms with Gasteiger partial charge in [0.1, 0.15) is 0 Å². The first-order valence-electron chi connectivity index (χ1n) is 5.86. The third kappa shape index (κ3) is 6.01. The molecule has 0 saturated carbocycles. The van der Waals surface area contributed by atoms with Crippen molar-refractivity contribution in [1.82, 2.24) is 0 Å². The Hall–Kier alpha value is -0.520. The van der Waals surface area contributed by atoms with Gasteiger partial charge in [0.15, 0.2) is 0 Å². The minimum absolute atomic E-state index is 0.668. The van der Waals surface area contributed by atoms with E-state index in [9.17, 15) is 0 Å². The van der Waals surface area contributed by atoms with Gasteiger partial charge in [0, 0.05) is 0 Å². The smallest absolute Gasteiger partial charge is 0.0254 e. The monoisotopic (exact) mass is 196 g/mol. The molecule has 0 aliphatic rings. The van der Waals surface area contributed by atoms with Crippen molar-refractivity contribution in [2.24, 2.45) is 5.92 Å². The van der Waals surface area contributed by atoms with Crippen molar-refractivity contribution < 1.29 is 0 Å². The van der Waals surface area contributed by atoms with E-state index >= 15 is 0 Å². The Morgan fingerprint density at radius 2 is 1.57 bits per heavy atom. The van der Waals surface area contributed by atoms with E-state index in [1.807, 2.05) is 13.8 Å². The molecule has 0 aliphatic heterocycles. The average molecular weight is 196 g/mol. The van der Waals surface area contributed by atoms with E-state index in [1.54, 1.807) is 5.57 Å². The molecule has 0 unspecified atom stereocenters. The van der Waals surface area contributed by atoms with Crippen LogP contribution in [0.25, 0.3) is 0 Å². The Morgan fingerprint density at radius 1 is 1.14 bits per heavy atom. The highest BCUT2D eigenvalue weighted by atomic mass is 14.1. The summed E-state index contributed by atoms with van der Waals surface area (Å²) in [4.78, 5) is 0. The molecule has 0 amide bonds. The lowest BCUT2D eigenvalue weighted by Gasteiger charge is -2.15. The van der Waals surface area contributed by atoms with Crippen molar-refractivity contribution in [1.29, 1.82) is 0 Å². The van der Waals surface area contributed by atoms with Gasteiger partial charge in [0.2, 0.25) is 0 Å². The van der Waals surface area contributed by atoms with Crippen LogP contribution in [0.4, 0.5) is 0 Å². The average Bonchev–Trinajstić information content (AvgIpc) is 2.15. The van der Waals surface area contributed by atoms with Crippen LogP contribution >= 0.6 is 0 Å². The summed E-state index contributed by atoms with van der Waals surface area (Å²) in [5, 5.41) is 0. The number of hydrogen-bond donors (Lipinski definition) is 0. The highest BCUT2D eigenvalue weighted by Crippen LogP contribution is 2.23. The summed E-state index contributed by atoms with van der Waals surface area (Å²) in [7, 11) is 0. The summed E-state index contributed by atoms with van der Waals surface area (Å²) in [6.07, 6.45) is 2.45. The molecule has 0 nitrogen and oxygen atoms in total. The number of rotatable bonds is 4. The van der Waals surface area contributed by atoms with Crippen molar-refractivity contribution in [3.8, 4) is 0 Å². The molecular weight excluding hydrogens is 168 g/mol. The van der Waals surface area contributed by atoms with Crippen LogP contribution in [0.5, 0.6) is 0 Å². The first-order chi connectivity index (χ1) is 6.50. The Morgan fingerprint density at radius 3 is 1.79 bits per heavy atom. The molecule has 0 aromatic heterocycles. The van der Waals surface area contributed by atoms with Crippen molar-refractivity contribution in [3.63, 3.8) is 0 Å². The van der Waals surface area contributed by atoms with Crippen LogP contribution in [0.15, 0.2) is 23.3 Å². The van der Waals surface area contributed by atoms with Gasteiger partial charge in [-0.15, -0.1) is 0 Å². The SMILES string of the molecule is C=C(C)/C(C)=C(\CCC)C(C)C.CC. The van der Waals surface area contributed by atoms with E-state index in [4.69, 9.17) is 0 Å². The van der Waals surface area contributed by atoms with Gasteiger partial charge >= 0.3 is 0 Å². The zero-order valence-electron chi connectivity index (χ0n) is 11.2. The molecule has 0 fully saturated rings. The molecule has 0 aromatic rings. The highest BCUT2D eigenvalue weighted by molar-refractivity contribution is 5.30. The fourth-order valence-electron chi connectivity index (χ4n) is 1.45. The summed E-state index contributed by atoms with van der Waals surface area (Å²) in [6, 6.07) is 0. The maximum atomic E-state index is 3.98. The van der Waals surface area contributed by atoms with Gasteiger partial charge < -0.3 is 0 Å². The van der Waals surface area contributed by atoms with Crippen molar-refractivity contribution in [2.45, 2.75) is 61.3 Å². The minimum atomic E-state index is 0.668. The second kappa shape index (κ2) is 9.05. The lowest BCUT2D eigenvalue weighted by molar-refractivity contribution is 0.691. The molecule has 0 aromatic carbocycles. The molecule has 0 rings (SSSR count). The van der Waals surface area contributed by atoms with Gasteiger partial charge in [0.25, 0.3) is 0 Å². The minimum Gasteiger partial charge on any atom is -0.0959 e. The zero-order chi connectivity index (χ0) is 11.7. The van der Waals surface area contributed by atoms with Crippen LogP contribution in [0, 0.1) is 5.92 Å². The summed E-state index contributed by atoms with van der Waals surface area (Å²) in [5.41, 5.74) is 4.20. The second-order valence-electron chi connectivity index (χ2n) is 3.84. The molecular formula is C14H28. The maximum absolute atomic E-state index is 3.98. The zero-order valence-corrected chi connectivity index (χ0v) is 11.2. The molecule has 0 radical (unpaired) electrons. The summed E-state index contributed by atoms with van der Waals surface area (Å²) < 4.78 is 0. The molecule has 0 spiro atoms. The van der Waals surface area contributed by atoms with Gasteiger partial charge in [-0.2, -0.15) is 0 Å². The standard InChI is InChI=1S/C12H22.C2H6/c1-7-8-12(10(4)5)11(6)9(2)3;1-2/h10H,2,7-8H2,1,3-6H3;1-2H3/b12-11+;. The summed E-state index contributed by atoms with van der Waals surface area (Å²) in [5.74, 6) is 0.668. The molecule has 0 bridgehead atoms. The van der Waals surface area contributed by atoms with Crippen molar-refractivity contribution in [2.75, 3.05) is 0 Å². The van der Waals surface area contributed by atoms with Gasteiger partial charge in [-0.3, -0.25) is 0 Å². The maximum Gasteiger partial charge on any atom is -0.0254 e. The lowest BCUT2D eigenvalue weighted by Crippen LogP contribution is -1.98. The third-order valence-electron chi connectivity index (χ3n) is 2.34. The lowest BCUT2D eigenvalue weighted by atomic mass is 9.91. The van der Waals surface area contributed by atoms with E-state index in [0.29, 0.717) is 5.92 Å². The largest absolute Gasteiger partial charge is 0.0959 e. The Kier molecular flexibility index (Phi) is 10.3. The van der Waals surface area contributed by atoms with Gasteiger partial charge in [-0.05, 0) is 31.8 Å². The molecule has 0 heteroatoms. The second-order valence-corrected chi connectivity index (χ2v) is 3.84. The topological polar surface area (TPSA) is 0 Å². The van der Waals surface area contributed by atoms with Gasteiger partial charge in [-0.1, -0.05) is 58.8 Å². The molecule has 0 saturated heterocycles. The van der Waals surface area contributed by atoms with Crippen LogP contribution in [0.2, 0.25) is 0 Å². The summed E-state index contributed by atoms with van der Waals surface area (Å²) in [6.45, 7) is 19.0. The first-order valence-corrected chi connectivity index (χ1v) is 5.86. The van der Waals surface area contributed by atoms with E-state index in [0.717, 1.165) is 0 Å². The quantitative estimate of drug-likeness (QED) is 0.531. The van der Waals surface area contributed by atoms with E-state index < -0.39 is 0 Å². The first kappa shape index (κ1) is 15.9. The molecule has 0 heterocycles. The van der Waals surface area contributed by atoms with Crippen molar-refractivity contribution in [3.05, 3.63) is 23.3 Å². The van der Waals surface area contributed by atoms with Crippen molar-refractivity contribution >= 4 is 0 Å². The fraction of sp³-hybridized carbons (Fsp3) is 0.714. The van der Waals surface area contributed by atoms with Crippen LogP contribution in [-0.4, -0.2) is 0 Å². The molecule has 0 atom stereocenters. The predicted octanol–water partition coefficient (Wildman–Crippen LogP) is 5.36. The Bertz CT molecular complexity index is 182. The number of hydrogen-bond acceptors (Lipinski definition) is 0. The number of allylic oxidation sites excluding steroid dienone is 3. The van der Waals surface area contributed by atoms with Gasteiger partial charge in [-0.25, -0.2) is 0 Å². The van der Waals surface area contributed by atoms with Crippen LogP contribution in [0.3, 0.4) is 0 Å². The van der Waals surface area contributed by atoms with E-state index in [1.165, 1.54) is 24.0 Å². The third-order valence-corrected chi connectivity index (χ3v) is 2.34. The molecule has 0 aliphatic carbocycles. The molecule has 14 heavy (non-hydrogen) atoms. The normalized spacial score (nSPS) is 11.7. The van der Waals surface area contributed by atoms with E-state index in [2.05, 4.69) is 41.2 Å². The Labute approximate surface area is 91.1 Å². The molecule has 0 N–H and O–H groups in total.